The lowest BCUT2D eigenvalue weighted by Gasteiger charge is -2.26. The van der Waals surface area contributed by atoms with Crippen molar-refractivity contribution in [1.29, 1.82) is 0 Å². The van der Waals surface area contributed by atoms with Crippen LogP contribution in [0.4, 0.5) is 4.39 Å². The molecule has 1 N–H and O–H groups in total. The van der Waals surface area contributed by atoms with E-state index in [1.165, 1.54) is 11.6 Å². The van der Waals surface area contributed by atoms with Crippen molar-refractivity contribution in [2.24, 2.45) is 18.4 Å². The van der Waals surface area contributed by atoms with Gasteiger partial charge in [-0.15, -0.1) is 0 Å². The number of nitrogens with one attached hydrogen (secondary N) is 1. The van der Waals surface area contributed by atoms with Crippen LogP contribution < -0.4 is 5.32 Å². The van der Waals surface area contributed by atoms with Gasteiger partial charge in [-0.05, 0) is 13.0 Å². The Morgan fingerprint density at radius 1 is 1.46 bits per heavy atom. The molecule has 0 saturated carbocycles. The highest BCUT2D eigenvalue weighted by atomic mass is 35.5. The SMILES string of the molecule is Cc1c(CN2C[C@@H]3COC[C@]3(C(=O)NCc3cccc(Cl)c3F)C2)cnn1C. The van der Waals surface area contributed by atoms with Gasteiger partial charge < -0.3 is 10.1 Å². The van der Waals surface area contributed by atoms with E-state index in [4.69, 9.17) is 16.3 Å². The van der Waals surface area contributed by atoms with E-state index >= 15 is 0 Å². The molecule has 3 heterocycles. The van der Waals surface area contributed by atoms with Crippen LogP contribution in [0.25, 0.3) is 0 Å². The fourth-order valence-corrected chi connectivity index (χ4v) is 4.45. The highest BCUT2D eigenvalue weighted by molar-refractivity contribution is 6.30. The van der Waals surface area contributed by atoms with Gasteiger partial charge in [0.2, 0.25) is 5.91 Å². The maximum atomic E-state index is 14.1. The summed E-state index contributed by atoms with van der Waals surface area (Å²) in [6.07, 6.45) is 1.88. The number of carbonyl (C=O) groups excluding carboxylic acids is 1. The summed E-state index contributed by atoms with van der Waals surface area (Å²) in [4.78, 5) is 15.4. The standard InChI is InChI=1S/C20H24ClFN4O2/c1-13-15(7-24-25(13)2)8-26-9-16-10-28-12-20(16,11-26)19(27)23-6-14-4-3-5-17(21)18(14)22/h3-5,7,16H,6,8-12H2,1-2H3,(H,23,27)/t16-,20-/m1/s1. The molecule has 2 saturated heterocycles. The Morgan fingerprint density at radius 3 is 3.04 bits per heavy atom. The molecule has 150 valence electrons. The lowest BCUT2D eigenvalue weighted by molar-refractivity contribution is -0.131. The summed E-state index contributed by atoms with van der Waals surface area (Å²) in [5.41, 5.74) is 2.09. The number of ether oxygens (including phenoxy) is 1. The van der Waals surface area contributed by atoms with Gasteiger partial charge in [0.25, 0.3) is 0 Å². The number of fused-ring (bicyclic) bond motifs is 1. The van der Waals surface area contributed by atoms with E-state index in [1.54, 1.807) is 12.1 Å². The zero-order valence-corrected chi connectivity index (χ0v) is 16.8. The molecule has 1 aromatic heterocycles. The summed E-state index contributed by atoms with van der Waals surface area (Å²) in [5, 5.41) is 7.27. The van der Waals surface area contributed by atoms with Crippen molar-refractivity contribution >= 4 is 17.5 Å². The number of aryl methyl sites for hydroxylation is 1. The molecular formula is C20H24ClFN4O2. The fraction of sp³-hybridized carbons (Fsp3) is 0.500. The Bertz CT molecular complexity index is 902. The molecular weight excluding hydrogens is 383 g/mol. The number of hydrogen-bond acceptors (Lipinski definition) is 4. The van der Waals surface area contributed by atoms with Gasteiger partial charge in [0.05, 0.1) is 29.8 Å². The second kappa shape index (κ2) is 7.46. The minimum absolute atomic E-state index is 0.0610. The summed E-state index contributed by atoms with van der Waals surface area (Å²) < 4.78 is 21.6. The van der Waals surface area contributed by atoms with E-state index in [2.05, 4.69) is 15.3 Å². The van der Waals surface area contributed by atoms with Gasteiger partial charge in [-0.1, -0.05) is 23.7 Å². The number of aromatic nitrogens is 2. The molecule has 0 spiro atoms. The van der Waals surface area contributed by atoms with Crippen LogP contribution in [0.3, 0.4) is 0 Å². The average molecular weight is 407 g/mol. The van der Waals surface area contributed by atoms with Gasteiger partial charge >= 0.3 is 0 Å². The second-order valence-corrected chi connectivity index (χ2v) is 8.22. The predicted molar refractivity (Wildman–Crippen MR) is 103 cm³/mol. The number of rotatable bonds is 5. The number of benzene rings is 1. The van der Waals surface area contributed by atoms with Gasteiger partial charge in [-0.3, -0.25) is 14.4 Å². The van der Waals surface area contributed by atoms with Crippen molar-refractivity contribution in [2.75, 3.05) is 26.3 Å². The van der Waals surface area contributed by atoms with Gasteiger partial charge in [-0.2, -0.15) is 5.10 Å². The quantitative estimate of drug-likeness (QED) is 0.827. The molecule has 2 aromatic rings. The highest BCUT2D eigenvalue weighted by Gasteiger charge is 2.55. The molecule has 4 rings (SSSR count). The summed E-state index contributed by atoms with van der Waals surface area (Å²) in [6.45, 7) is 5.30. The van der Waals surface area contributed by atoms with E-state index in [0.29, 0.717) is 25.3 Å². The molecule has 28 heavy (non-hydrogen) atoms. The molecule has 1 amide bonds. The first-order valence-corrected chi connectivity index (χ1v) is 9.77. The van der Waals surface area contributed by atoms with Crippen LogP contribution in [0.2, 0.25) is 5.02 Å². The Morgan fingerprint density at radius 2 is 2.29 bits per heavy atom. The van der Waals surface area contributed by atoms with Crippen molar-refractivity contribution in [3.63, 3.8) is 0 Å². The molecule has 6 nitrogen and oxygen atoms in total. The Balaban J connectivity index is 1.45. The number of nitrogens with zero attached hydrogens (tertiary/aromatic N) is 3. The zero-order valence-electron chi connectivity index (χ0n) is 16.0. The molecule has 0 bridgehead atoms. The normalized spacial score (nSPS) is 24.5. The predicted octanol–water partition coefficient (Wildman–Crippen LogP) is 2.29. The summed E-state index contributed by atoms with van der Waals surface area (Å²) in [5.74, 6) is -0.435. The molecule has 2 aliphatic rings. The van der Waals surface area contributed by atoms with E-state index in [9.17, 15) is 9.18 Å². The smallest absolute Gasteiger partial charge is 0.230 e. The number of hydrogen-bond donors (Lipinski definition) is 1. The van der Waals surface area contributed by atoms with Crippen LogP contribution in [0.15, 0.2) is 24.4 Å². The third kappa shape index (κ3) is 3.32. The van der Waals surface area contributed by atoms with Crippen LogP contribution in [0.1, 0.15) is 16.8 Å². The van der Waals surface area contributed by atoms with Crippen molar-refractivity contribution in [1.82, 2.24) is 20.0 Å². The van der Waals surface area contributed by atoms with Gasteiger partial charge in [0.1, 0.15) is 5.82 Å². The topological polar surface area (TPSA) is 59.4 Å². The van der Waals surface area contributed by atoms with Crippen molar-refractivity contribution in [3.8, 4) is 0 Å². The van der Waals surface area contributed by atoms with E-state index in [0.717, 1.165) is 18.8 Å². The molecule has 2 aliphatic heterocycles. The molecule has 0 radical (unpaired) electrons. The van der Waals surface area contributed by atoms with Crippen molar-refractivity contribution in [3.05, 3.63) is 52.1 Å². The maximum Gasteiger partial charge on any atom is 0.230 e. The Kier molecular flexibility index (Phi) is 5.16. The molecule has 8 heteroatoms. The Hall–Kier alpha value is -1.96. The minimum Gasteiger partial charge on any atom is -0.380 e. The molecule has 2 atom stereocenters. The van der Waals surface area contributed by atoms with Crippen LogP contribution in [-0.4, -0.2) is 46.9 Å². The van der Waals surface area contributed by atoms with Crippen molar-refractivity contribution in [2.45, 2.75) is 20.0 Å². The maximum absolute atomic E-state index is 14.1. The lowest BCUT2D eigenvalue weighted by Crippen LogP contribution is -2.46. The molecule has 0 aliphatic carbocycles. The summed E-state index contributed by atoms with van der Waals surface area (Å²) in [7, 11) is 1.93. The average Bonchev–Trinajstić information content (AvgIpc) is 3.31. The van der Waals surface area contributed by atoms with E-state index < -0.39 is 11.2 Å². The van der Waals surface area contributed by atoms with Gasteiger partial charge in [0, 0.05) is 56.0 Å². The van der Waals surface area contributed by atoms with Crippen LogP contribution in [0, 0.1) is 24.1 Å². The number of likely N-dealkylation sites (tertiary alicyclic amines) is 1. The van der Waals surface area contributed by atoms with Gasteiger partial charge in [0.15, 0.2) is 0 Å². The van der Waals surface area contributed by atoms with Crippen LogP contribution in [0.5, 0.6) is 0 Å². The molecule has 1 aromatic carbocycles. The summed E-state index contributed by atoms with van der Waals surface area (Å²) in [6, 6.07) is 4.81. The largest absolute Gasteiger partial charge is 0.380 e. The monoisotopic (exact) mass is 406 g/mol. The minimum atomic E-state index is -0.592. The first kappa shape index (κ1) is 19.4. The number of halogens is 2. The highest BCUT2D eigenvalue weighted by Crippen LogP contribution is 2.42. The summed E-state index contributed by atoms with van der Waals surface area (Å²) >= 11 is 5.83. The van der Waals surface area contributed by atoms with E-state index in [-0.39, 0.29) is 23.4 Å². The fourth-order valence-electron chi connectivity index (χ4n) is 4.26. The van der Waals surface area contributed by atoms with Crippen molar-refractivity contribution < 1.29 is 13.9 Å². The third-order valence-corrected chi connectivity index (χ3v) is 6.39. The Labute approximate surface area is 168 Å². The van der Waals surface area contributed by atoms with Gasteiger partial charge in [-0.25, -0.2) is 4.39 Å². The molecule has 0 unspecified atom stereocenters. The third-order valence-electron chi connectivity index (χ3n) is 6.10. The number of carbonyl (C=O) groups is 1. The second-order valence-electron chi connectivity index (χ2n) is 7.81. The first-order chi connectivity index (χ1) is 13.4. The number of amides is 1. The van der Waals surface area contributed by atoms with E-state index in [1.807, 2.05) is 24.9 Å². The zero-order chi connectivity index (χ0) is 19.9. The first-order valence-electron chi connectivity index (χ1n) is 9.39. The molecule has 2 fully saturated rings. The van der Waals surface area contributed by atoms with Crippen LogP contribution >= 0.6 is 11.6 Å². The van der Waals surface area contributed by atoms with Crippen LogP contribution in [-0.2, 0) is 29.7 Å². The lowest BCUT2D eigenvalue weighted by atomic mass is 9.80.